The molecular weight excluding hydrogens is 273 g/mol. The molecule has 1 aromatic carbocycles. The summed E-state index contributed by atoms with van der Waals surface area (Å²) >= 11 is 3.41. The van der Waals surface area contributed by atoms with Crippen molar-refractivity contribution in [3.05, 3.63) is 34.1 Å². The molecule has 88 valence electrons. The molecule has 1 aliphatic rings. The van der Waals surface area contributed by atoms with Gasteiger partial charge in [0.05, 0.1) is 6.61 Å². The second-order valence-corrected chi connectivity index (χ2v) is 4.88. The third kappa shape index (κ3) is 2.29. The molecular formula is C12H15BrFNO. The SMILES string of the molecule is CNC(c1c(F)cccc1Br)C1CCOC1. The average Bonchev–Trinajstić information content (AvgIpc) is 2.77. The first-order valence-electron chi connectivity index (χ1n) is 5.43. The van der Waals surface area contributed by atoms with Gasteiger partial charge in [-0.1, -0.05) is 22.0 Å². The topological polar surface area (TPSA) is 21.3 Å². The van der Waals surface area contributed by atoms with Crippen molar-refractivity contribution in [2.24, 2.45) is 5.92 Å². The van der Waals surface area contributed by atoms with E-state index in [0.717, 1.165) is 17.5 Å². The molecule has 2 rings (SSSR count). The highest BCUT2D eigenvalue weighted by Crippen LogP contribution is 2.34. The van der Waals surface area contributed by atoms with E-state index in [-0.39, 0.29) is 11.9 Å². The zero-order valence-electron chi connectivity index (χ0n) is 9.17. The number of benzene rings is 1. The maximum Gasteiger partial charge on any atom is 0.129 e. The van der Waals surface area contributed by atoms with Crippen molar-refractivity contribution >= 4 is 15.9 Å². The van der Waals surface area contributed by atoms with E-state index in [1.807, 2.05) is 13.1 Å². The standard InChI is InChI=1S/C12H15BrFNO/c1-15-12(8-5-6-16-7-8)11-9(13)3-2-4-10(11)14/h2-4,8,12,15H,5-7H2,1H3. The Balaban J connectivity index is 2.32. The summed E-state index contributed by atoms with van der Waals surface area (Å²) in [5.74, 6) is 0.179. The molecule has 0 amide bonds. The van der Waals surface area contributed by atoms with Crippen LogP contribution in [0.4, 0.5) is 4.39 Å². The number of nitrogens with one attached hydrogen (secondary N) is 1. The molecule has 0 aliphatic carbocycles. The van der Waals surface area contributed by atoms with Gasteiger partial charge in [0, 0.05) is 28.6 Å². The van der Waals surface area contributed by atoms with Crippen molar-refractivity contribution in [1.82, 2.24) is 5.32 Å². The van der Waals surface area contributed by atoms with Gasteiger partial charge < -0.3 is 10.1 Å². The predicted molar refractivity (Wildman–Crippen MR) is 64.8 cm³/mol. The third-order valence-corrected chi connectivity index (χ3v) is 3.75. The number of halogens is 2. The molecule has 0 radical (unpaired) electrons. The Hall–Kier alpha value is -0.450. The van der Waals surface area contributed by atoms with E-state index in [0.29, 0.717) is 18.1 Å². The van der Waals surface area contributed by atoms with Crippen LogP contribution in [-0.4, -0.2) is 20.3 Å². The Morgan fingerprint density at radius 1 is 1.56 bits per heavy atom. The molecule has 0 bridgehead atoms. The Morgan fingerprint density at radius 2 is 2.38 bits per heavy atom. The molecule has 1 fully saturated rings. The lowest BCUT2D eigenvalue weighted by Crippen LogP contribution is -2.26. The van der Waals surface area contributed by atoms with Crippen molar-refractivity contribution in [3.8, 4) is 0 Å². The van der Waals surface area contributed by atoms with Gasteiger partial charge in [-0.05, 0) is 25.6 Å². The van der Waals surface area contributed by atoms with Gasteiger partial charge in [-0.2, -0.15) is 0 Å². The Labute approximate surface area is 103 Å². The summed E-state index contributed by atoms with van der Waals surface area (Å²) in [6.07, 6.45) is 0.978. The molecule has 4 heteroatoms. The van der Waals surface area contributed by atoms with Crippen LogP contribution in [0.1, 0.15) is 18.0 Å². The van der Waals surface area contributed by atoms with E-state index in [1.54, 1.807) is 6.07 Å². The fraction of sp³-hybridized carbons (Fsp3) is 0.500. The molecule has 1 aliphatic heterocycles. The van der Waals surface area contributed by atoms with Crippen molar-refractivity contribution in [3.63, 3.8) is 0 Å². The van der Waals surface area contributed by atoms with Crippen LogP contribution in [0, 0.1) is 11.7 Å². The van der Waals surface area contributed by atoms with Crippen LogP contribution in [0.5, 0.6) is 0 Å². The Kier molecular flexibility index (Phi) is 3.95. The van der Waals surface area contributed by atoms with E-state index in [9.17, 15) is 4.39 Å². The Bertz CT molecular complexity index is 346. The van der Waals surface area contributed by atoms with E-state index >= 15 is 0 Å². The normalized spacial score (nSPS) is 22.3. The molecule has 1 aromatic rings. The van der Waals surface area contributed by atoms with Gasteiger partial charge in [0.25, 0.3) is 0 Å². The molecule has 1 saturated heterocycles. The number of rotatable bonds is 3. The monoisotopic (exact) mass is 287 g/mol. The number of ether oxygens (including phenoxy) is 1. The lowest BCUT2D eigenvalue weighted by Gasteiger charge is -2.23. The van der Waals surface area contributed by atoms with Crippen molar-refractivity contribution in [1.29, 1.82) is 0 Å². The van der Waals surface area contributed by atoms with E-state index < -0.39 is 0 Å². The largest absolute Gasteiger partial charge is 0.381 e. The highest BCUT2D eigenvalue weighted by Gasteiger charge is 2.29. The van der Waals surface area contributed by atoms with Crippen LogP contribution in [-0.2, 0) is 4.74 Å². The summed E-state index contributed by atoms with van der Waals surface area (Å²) in [4.78, 5) is 0. The molecule has 1 heterocycles. The molecule has 1 N–H and O–H groups in total. The summed E-state index contributed by atoms with van der Waals surface area (Å²) < 4.78 is 20.0. The summed E-state index contributed by atoms with van der Waals surface area (Å²) in [5.41, 5.74) is 0.709. The van der Waals surface area contributed by atoms with Gasteiger partial charge in [-0.15, -0.1) is 0 Å². The first-order valence-corrected chi connectivity index (χ1v) is 6.22. The fourth-order valence-corrected chi connectivity index (χ4v) is 2.83. The lowest BCUT2D eigenvalue weighted by atomic mass is 9.92. The van der Waals surface area contributed by atoms with Gasteiger partial charge >= 0.3 is 0 Å². The predicted octanol–water partition coefficient (Wildman–Crippen LogP) is 2.89. The zero-order chi connectivity index (χ0) is 11.5. The van der Waals surface area contributed by atoms with Gasteiger partial charge in [0.1, 0.15) is 5.82 Å². The minimum absolute atomic E-state index is 0.0121. The second-order valence-electron chi connectivity index (χ2n) is 4.03. The maximum atomic E-state index is 13.8. The van der Waals surface area contributed by atoms with Gasteiger partial charge in [-0.25, -0.2) is 4.39 Å². The van der Waals surface area contributed by atoms with Gasteiger partial charge in [0.15, 0.2) is 0 Å². The minimum atomic E-state index is -0.166. The van der Waals surface area contributed by atoms with Crippen molar-refractivity contribution in [2.45, 2.75) is 12.5 Å². The van der Waals surface area contributed by atoms with Crippen LogP contribution in [0.25, 0.3) is 0 Å². The molecule has 0 spiro atoms. The Morgan fingerprint density at radius 3 is 2.94 bits per heavy atom. The average molecular weight is 288 g/mol. The number of hydrogen-bond acceptors (Lipinski definition) is 2. The molecule has 16 heavy (non-hydrogen) atoms. The highest BCUT2D eigenvalue weighted by atomic mass is 79.9. The number of hydrogen-bond donors (Lipinski definition) is 1. The lowest BCUT2D eigenvalue weighted by molar-refractivity contribution is 0.177. The smallest absolute Gasteiger partial charge is 0.129 e. The van der Waals surface area contributed by atoms with E-state index in [4.69, 9.17) is 4.74 Å². The van der Waals surface area contributed by atoms with Crippen LogP contribution >= 0.6 is 15.9 Å². The van der Waals surface area contributed by atoms with Crippen LogP contribution in [0.2, 0.25) is 0 Å². The van der Waals surface area contributed by atoms with Crippen LogP contribution in [0.3, 0.4) is 0 Å². The van der Waals surface area contributed by atoms with Crippen LogP contribution < -0.4 is 5.32 Å². The van der Waals surface area contributed by atoms with E-state index in [2.05, 4.69) is 21.2 Å². The highest BCUT2D eigenvalue weighted by molar-refractivity contribution is 9.10. The molecule has 2 nitrogen and oxygen atoms in total. The van der Waals surface area contributed by atoms with E-state index in [1.165, 1.54) is 6.07 Å². The third-order valence-electron chi connectivity index (χ3n) is 3.06. The molecule has 0 aromatic heterocycles. The molecule has 2 unspecified atom stereocenters. The van der Waals surface area contributed by atoms with Gasteiger partial charge in [0.2, 0.25) is 0 Å². The quantitative estimate of drug-likeness (QED) is 0.923. The summed E-state index contributed by atoms with van der Waals surface area (Å²) in [6.45, 7) is 1.47. The first-order chi connectivity index (χ1) is 7.74. The van der Waals surface area contributed by atoms with Crippen molar-refractivity contribution in [2.75, 3.05) is 20.3 Å². The fourth-order valence-electron chi connectivity index (χ4n) is 2.24. The summed E-state index contributed by atoms with van der Waals surface area (Å²) in [7, 11) is 1.86. The first kappa shape index (κ1) is 12.0. The summed E-state index contributed by atoms with van der Waals surface area (Å²) in [6, 6.07) is 5.10. The second kappa shape index (κ2) is 5.25. The van der Waals surface area contributed by atoms with Crippen LogP contribution in [0.15, 0.2) is 22.7 Å². The summed E-state index contributed by atoms with van der Waals surface area (Å²) in [5, 5.41) is 3.19. The van der Waals surface area contributed by atoms with Gasteiger partial charge in [-0.3, -0.25) is 0 Å². The minimum Gasteiger partial charge on any atom is -0.381 e. The van der Waals surface area contributed by atoms with Crippen molar-refractivity contribution < 1.29 is 9.13 Å². The molecule has 2 atom stereocenters. The molecule has 0 saturated carbocycles. The maximum absolute atomic E-state index is 13.8. The zero-order valence-corrected chi connectivity index (χ0v) is 10.8.